The first-order valence-corrected chi connectivity index (χ1v) is 6.89. The Labute approximate surface area is 136 Å². The Kier molecular flexibility index (Phi) is 4.93. The number of hydrogen-bond donors (Lipinski definition) is 0. The van der Waals surface area contributed by atoms with Crippen LogP contribution in [0.15, 0.2) is 24.3 Å². The van der Waals surface area contributed by atoms with Gasteiger partial charge in [-0.25, -0.2) is 9.78 Å². The molecule has 4 nitrogen and oxygen atoms in total. The summed E-state index contributed by atoms with van der Waals surface area (Å²) >= 11 is 18.0. The second-order valence-corrected chi connectivity index (χ2v) is 5.19. The maximum atomic E-state index is 11.9. The number of ether oxygens (including phenoxy) is 2. The van der Waals surface area contributed by atoms with E-state index in [2.05, 4.69) is 4.98 Å². The fourth-order valence-corrected chi connectivity index (χ4v) is 2.35. The van der Waals surface area contributed by atoms with Gasteiger partial charge in [0, 0.05) is 11.6 Å². The summed E-state index contributed by atoms with van der Waals surface area (Å²) in [6, 6.07) is 6.50. The van der Waals surface area contributed by atoms with Gasteiger partial charge < -0.3 is 9.47 Å². The molecule has 0 aliphatic heterocycles. The lowest BCUT2D eigenvalue weighted by molar-refractivity contribution is 0.0594. The van der Waals surface area contributed by atoms with E-state index in [1.54, 1.807) is 24.3 Å². The van der Waals surface area contributed by atoms with Crippen molar-refractivity contribution in [3.8, 4) is 17.0 Å². The standard InChI is InChI=1S/C14H10Cl3NO3/c1-20-11-4-3-8(13(18-11)14(19)21-2)7-5-9(15)12(17)10(16)6-7/h3-6H,1-2H3. The van der Waals surface area contributed by atoms with Gasteiger partial charge in [-0.2, -0.15) is 0 Å². The molecular formula is C14H10Cl3NO3. The summed E-state index contributed by atoms with van der Waals surface area (Å²) in [5.74, 6) is -0.295. The normalized spacial score (nSPS) is 10.3. The predicted octanol–water partition coefficient (Wildman–Crippen LogP) is 4.50. The van der Waals surface area contributed by atoms with E-state index < -0.39 is 5.97 Å². The molecule has 2 rings (SSSR count). The van der Waals surface area contributed by atoms with Gasteiger partial charge in [-0.3, -0.25) is 0 Å². The zero-order chi connectivity index (χ0) is 15.6. The van der Waals surface area contributed by atoms with Crippen LogP contribution >= 0.6 is 34.8 Å². The number of aromatic nitrogens is 1. The summed E-state index contributed by atoms with van der Waals surface area (Å²) in [4.78, 5) is 16.0. The number of esters is 1. The van der Waals surface area contributed by atoms with Crippen LogP contribution in [0.2, 0.25) is 15.1 Å². The minimum absolute atomic E-state index is 0.103. The van der Waals surface area contributed by atoms with E-state index in [4.69, 9.17) is 44.3 Å². The van der Waals surface area contributed by atoms with Crippen molar-refractivity contribution in [2.75, 3.05) is 14.2 Å². The van der Waals surface area contributed by atoms with Crippen LogP contribution in [-0.4, -0.2) is 25.2 Å². The molecule has 1 aromatic carbocycles. The first-order chi connectivity index (χ1) is 9.97. The first kappa shape index (κ1) is 15.9. The molecule has 21 heavy (non-hydrogen) atoms. The van der Waals surface area contributed by atoms with Crippen molar-refractivity contribution in [3.63, 3.8) is 0 Å². The summed E-state index contributed by atoms with van der Waals surface area (Å²) in [6.07, 6.45) is 0. The molecule has 1 heterocycles. The summed E-state index contributed by atoms with van der Waals surface area (Å²) in [7, 11) is 2.73. The molecule has 0 aliphatic rings. The molecule has 110 valence electrons. The molecular weight excluding hydrogens is 337 g/mol. The molecule has 0 bridgehead atoms. The Hall–Kier alpha value is -1.49. The lowest BCUT2D eigenvalue weighted by Crippen LogP contribution is -2.07. The number of nitrogens with zero attached hydrogens (tertiary/aromatic N) is 1. The van der Waals surface area contributed by atoms with Crippen LogP contribution in [0.5, 0.6) is 5.88 Å². The van der Waals surface area contributed by atoms with Gasteiger partial charge in [-0.1, -0.05) is 34.8 Å². The number of rotatable bonds is 3. The first-order valence-electron chi connectivity index (χ1n) is 5.76. The lowest BCUT2D eigenvalue weighted by Gasteiger charge is -2.10. The number of hydrogen-bond acceptors (Lipinski definition) is 4. The third kappa shape index (κ3) is 3.23. The topological polar surface area (TPSA) is 48.4 Å². The smallest absolute Gasteiger partial charge is 0.357 e. The van der Waals surface area contributed by atoms with Crippen LogP contribution in [0.1, 0.15) is 10.5 Å². The number of halogens is 3. The second kappa shape index (κ2) is 6.52. The van der Waals surface area contributed by atoms with E-state index in [-0.39, 0.29) is 20.8 Å². The van der Waals surface area contributed by atoms with Crippen molar-refractivity contribution in [2.45, 2.75) is 0 Å². The van der Waals surface area contributed by atoms with Crippen molar-refractivity contribution in [3.05, 3.63) is 45.0 Å². The maximum absolute atomic E-state index is 11.9. The van der Waals surface area contributed by atoms with Gasteiger partial charge in [-0.05, 0) is 23.8 Å². The van der Waals surface area contributed by atoms with Gasteiger partial charge in [0.2, 0.25) is 5.88 Å². The lowest BCUT2D eigenvalue weighted by atomic mass is 10.0. The molecule has 0 saturated carbocycles. The Balaban J connectivity index is 2.65. The van der Waals surface area contributed by atoms with Crippen LogP contribution in [0.4, 0.5) is 0 Å². The van der Waals surface area contributed by atoms with Crippen molar-refractivity contribution >= 4 is 40.8 Å². The van der Waals surface area contributed by atoms with Gasteiger partial charge in [0.25, 0.3) is 0 Å². The van der Waals surface area contributed by atoms with Crippen LogP contribution in [0, 0.1) is 0 Å². The van der Waals surface area contributed by atoms with Crippen LogP contribution in [0.3, 0.4) is 0 Å². The van der Waals surface area contributed by atoms with Gasteiger partial charge in [-0.15, -0.1) is 0 Å². The molecule has 0 aliphatic carbocycles. The molecule has 1 aromatic heterocycles. The van der Waals surface area contributed by atoms with E-state index in [9.17, 15) is 4.79 Å². The molecule has 0 saturated heterocycles. The number of pyridine rings is 1. The third-order valence-corrected chi connectivity index (χ3v) is 3.95. The molecule has 0 unspecified atom stereocenters. The quantitative estimate of drug-likeness (QED) is 0.606. The van der Waals surface area contributed by atoms with Crippen LogP contribution in [0.25, 0.3) is 11.1 Å². The fourth-order valence-electron chi connectivity index (χ4n) is 1.75. The van der Waals surface area contributed by atoms with Gasteiger partial charge in [0.05, 0.1) is 29.3 Å². The molecule has 7 heteroatoms. The molecule has 0 amide bonds. The fraction of sp³-hybridized carbons (Fsp3) is 0.143. The molecule has 2 aromatic rings. The molecule has 0 atom stereocenters. The third-order valence-electron chi connectivity index (χ3n) is 2.75. The van der Waals surface area contributed by atoms with Crippen molar-refractivity contribution in [2.24, 2.45) is 0 Å². The highest BCUT2D eigenvalue weighted by molar-refractivity contribution is 6.48. The largest absolute Gasteiger partial charge is 0.481 e. The summed E-state index contributed by atoms with van der Waals surface area (Å²) < 4.78 is 9.75. The summed E-state index contributed by atoms with van der Waals surface area (Å²) in [6.45, 7) is 0. The maximum Gasteiger partial charge on any atom is 0.357 e. The van der Waals surface area contributed by atoms with Crippen molar-refractivity contribution < 1.29 is 14.3 Å². The van der Waals surface area contributed by atoms with Crippen molar-refractivity contribution in [1.82, 2.24) is 4.98 Å². The minimum Gasteiger partial charge on any atom is -0.481 e. The minimum atomic E-state index is -0.592. The number of benzene rings is 1. The molecule has 0 N–H and O–H groups in total. The SMILES string of the molecule is COC(=O)c1nc(OC)ccc1-c1cc(Cl)c(Cl)c(Cl)c1. The number of carbonyl (C=O) groups is 1. The van der Waals surface area contributed by atoms with Gasteiger partial charge in [0.15, 0.2) is 5.69 Å². The number of carbonyl (C=O) groups excluding carboxylic acids is 1. The van der Waals surface area contributed by atoms with Gasteiger partial charge in [0.1, 0.15) is 0 Å². The highest BCUT2D eigenvalue weighted by Gasteiger charge is 2.18. The average Bonchev–Trinajstić information content (AvgIpc) is 2.50. The van der Waals surface area contributed by atoms with Gasteiger partial charge >= 0.3 is 5.97 Å². The van der Waals surface area contributed by atoms with E-state index in [0.717, 1.165) is 0 Å². The molecule has 0 spiro atoms. The number of methoxy groups -OCH3 is 2. The van der Waals surface area contributed by atoms with E-state index in [0.29, 0.717) is 17.0 Å². The Morgan fingerprint density at radius 2 is 1.71 bits per heavy atom. The monoisotopic (exact) mass is 345 g/mol. The summed E-state index contributed by atoms with van der Waals surface area (Å²) in [5, 5.41) is 0.819. The highest BCUT2D eigenvalue weighted by Crippen LogP contribution is 2.36. The Bertz CT molecular complexity index is 681. The zero-order valence-electron chi connectivity index (χ0n) is 11.1. The highest BCUT2D eigenvalue weighted by atomic mass is 35.5. The second-order valence-electron chi connectivity index (χ2n) is 4.00. The Morgan fingerprint density at radius 1 is 1.10 bits per heavy atom. The van der Waals surface area contributed by atoms with E-state index >= 15 is 0 Å². The van der Waals surface area contributed by atoms with Crippen LogP contribution < -0.4 is 4.74 Å². The zero-order valence-corrected chi connectivity index (χ0v) is 13.4. The summed E-state index contributed by atoms with van der Waals surface area (Å²) in [5.41, 5.74) is 1.22. The van der Waals surface area contributed by atoms with Crippen molar-refractivity contribution in [1.29, 1.82) is 0 Å². The molecule has 0 radical (unpaired) electrons. The van der Waals surface area contributed by atoms with Crippen LogP contribution in [-0.2, 0) is 4.74 Å². The van der Waals surface area contributed by atoms with E-state index in [1.807, 2.05) is 0 Å². The average molecular weight is 347 g/mol. The molecule has 0 fully saturated rings. The Morgan fingerprint density at radius 3 is 2.24 bits per heavy atom. The predicted molar refractivity (Wildman–Crippen MR) is 82.6 cm³/mol. The van der Waals surface area contributed by atoms with E-state index in [1.165, 1.54) is 14.2 Å².